The third kappa shape index (κ3) is 5.40. The first kappa shape index (κ1) is 24.4. The van der Waals surface area contributed by atoms with Crippen LogP contribution in [0.25, 0.3) is 0 Å². The number of nitro benzene ring substituents is 1. The van der Waals surface area contributed by atoms with Crippen LogP contribution in [0, 0.1) is 10.1 Å². The minimum absolute atomic E-state index is 0.0329. The SMILES string of the molecule is CCOC(=O)C1=C(C)NC(C)=C(C(=O)OCCC2(C)OCCO2)C1c1cccc([N+](=O)[O-])c1. The van der Waals surface area contributed by atoms with Crippen molar-refractivity contribution in [1.82, 2.24) is 5.32 Å². The van der Waals surface area contributed by atoms with Gasteiger partial charge in [0.2, 0.25) is 0 Å². The lowest BCUT2D eigenvalue weighted by atomic mass is 9.80. The highest BCUT2D eigenvalue weighted by Gasteiger charge is 2.39. The van der Waals surface area contributed by atoms with E-state index in [1.54, 1.807) is 33.8 Å². The third-order valence-corrected chi connectivity index (χ3v) is 5.58. The third-order valence-electron chi connectivity index (χ3n) is 5.58. The van der Waals surface area contributed by atoms with Crippen LogP contribution in [0.5, 0.6) is 0 Å². The van der Waals surface area contributed by atoms with E-state index in [-0.39, 0.29) is 30.0 Å². The van der Waals surface area contributed by atoms with Gasteiger partial charge in [-0.3, -0.25) is 10.1 Å². The fourth-order valence-corrected chi connectivity index (χ4v) is 4.00. The number of carbonyl (C=O) groups excluding carboxylic acids is 2. The summed E-state index contributed by atoms with van der Waals surface area (Å²) in [5.41, 5.74) is 1.63. The van der Waals surface area contributed by atoms with E-state index in [1.165, 1.54) is 18.2 Å². The number of hydrogen-bond donors (Lipinski definition) is 1. The highest BCUT2D eigenvalue weighted by Crippen LogP contribution is 2.40. The number of benzene rings is 1. The maximum absolute atomic E-state index is 13.2. The van der Waals surface area contributed by atoms with Crippen LogP contribution in [0.1, 0.15) is 45.6 Å². The normalized spacial score (nSPS) is 19.8. The van der Waals surface area contributed by atoms with Gasteiger partial charge in [0, 0.05) is 29.9 Å². The number of nitrogens with one attached hydrogen (secondary N) is 1. The molecule has 1 saturated heterocycles. The molecule has 0 saturated carbocycles. The number of carbonyl (C=O) groups is 2. The molecule has 0 bridgehead atoms. The Morgan fingerprint density at radius 3 is 2.33 bits per heavy atom. The number of allylic oxidation sites excluding steroid dienone is 2. The van der Waals surface area contributed by atoms with Gasteiger partial charge in [0.05, 0.1) is 48.4 Å². The summed E-state index contributed by atoms with van der Waals surface area (Å²) < 4.78 is 21.8. The molecule has 0 amide bonds. The van der Waals surface area contributed by atoms with Crippen LogP contribution in [0.15, 0.2) is 46.8 Å². The summed E-state index contributed by atoms with van der Waals surface area (Å²) in [5, 5.41) is 14.4. The summed E-state index contributed by atoms with van der Waals surface area (Å²) in [6.07, 6.45) is 0.333. The fourth-order valence-electron chi connectivity index (χ4n) is 4.00. The summed E-state index contributed by atoms with van der Waals surface area (Å²) in [6, 6.07) is 5.85. The molecule has 1 aromatic rings. The van der Waals surface area contributed by atoms with Gasteiger partial charge in [-0.15, -0.1) is 0 Å². The van der Waals surface area contributed by atoms with Gasteiger partial charge >= 0.3 is 11.9 Å². The first-order valence-corrected chi connectivity index (χ1v) is 10.7. The molecular formula is C23H28N2O8. The van der Waals surface area contributed by atoms with Crippen molar-refractivity contribution in [2.24, 2.45) is 0 Å². The first-order chi connectivity index (χ1) is 15.7. The zero-order valence-electron chi connectivity index (χ0n) is 19.1. The van der Waals surface area contributed by atoms with Gasteiger partial charge in [0.1, 0.15) is 0 Å². The van der Waals surface area contributed by atoms with Gasteiger partial charge in [-0.05, 0) is 33.3 Å². The molecule has 0 aliphatic carbocycles. The van der Waals surface area contributed by atoms with Crippen LogP contribution in [-0.4, -0.2) is 49.1 Å². The largest absolute Gasteiger partial charge is 0.463 e. The summed E-state index contributed by atoms with van der Waals surface area (Å²) in [7, 11) is 0. The summed E-state index contributed by atoms with van der Waals surface area (Å²) in [6.45, 7) is 7.95. The molecule has 1 fully saturated rings. The topological polar surface area (TPSA) is 126 Å². The molecule has 0 radical (unpaired) electrons. The van der Waals surface area contributed by atoms with Crippen molar-refractivity contribution in [3.05, 3.63) is 62.5 Å². The number of ether oxygens (including phenoxy) is 4. The van der Waals surface area contributed by atoms with Crippen LogP contribution in [0.2, 0.25) is 0 Å². The quantitative estimate of drug-likeness (QED) is 0.354. The summed E-state index contributed by atoms with van der Waals surface area (Å²) in [5.74, 6) is -2.97. The van der Waals surface area contributed by atoms with E-state index in [1.807, 2.05) is 0 Å². The van der Waals surface area contributed by atoms with Gasteiger partial charge in [-0.2, -0.15) is 0 Å². The Hall–Kier alpha value is -3.24. The molecule has 1 aromatic carbocycles. The van der Waals surface area contributed by atoms with Crippen molar-refractivity contribution >= 4 is 17.6 Å². The second-order valence-corrected chi connectivity index (χ2v) is 7.92. The van der Waals surface area contributed by atoms with Gasteiger partial charge in [-0.1, -0.05) is 12.1 Å². The molecule has 178 valence electrons. The summed E-state index contributed by atoms with van der Waals surface area (Å²) >= 11 is 0. The predicted molar refractivity (Wildman–Crippen MR) is 117 cm³/mol. The van der Waals surface area contributed by atoms with Crippen molar-refractivity contribution in [3.63, 3.8) is 0 Å². The monoisotopic (exact) mass is 460 g/mol. The maximum Gasteiger partial charge on any atom is 0.336 e. The smallest absolute Gasteiger partial charge is 0.336 e. The number of nitro groups is 1. The van der Waals surface area contributed by atoms with E-state index < -0.39 is 28.6 Å². The van der Waals surface area contributed by atoms with E-state index in [2.05, 4.69) is 5.32 Å². The molecule has 10 nitrogen and oxygen atoms in total. The average Bonchev–Trinajstić information content (AvgIpc) is 3.19. The van der Waals surface area contributed by atoms with Gasteiger partial charge in [-0.25, -0.2) is 9.59 Å². The Labute approximate surface area is 191 Å². The Bertz CT molecular complexity index is 1010. The number of nitrogens with zero attached hydrogens (tertiary/aromatic N) is 1. The van der Waals surface area contributed by atoms with Gasteiger partial charge in [0.15, 0.2) is 5.79 Å². The molecule has 1 atom stereocenters. The molecule has 10 heteroatoms. The minimum Gasteiger partial charge on any atom is -0.463 e. The summed E-state index contributed by atoms with van der Waals surface area (Å²) in [4.78, 5) is 36.9. The second kappa shape index (κ2) is 10.1. The predicted octanol–water partition coefficient (Wildman–Crippen LogP) is 3.09. The highest BCUT2D eigenvalue weighted by molar-refractivity contribution is 5.99. The number of hydrogen-bond acceptors (Lipinski definition) is 9. The molecule has 2 aliphatic heterocycles. The number of rotatable bonds is 8. The van der Waals surface area contributed by atoms with Crippen molar-refractivity contribution < 1.29 is 33.5 Å². The Kier molecular flexibility index (Phi) is 7.50. The van der Waals surface area contributed by atoms with E-state index in [9.17, 15) is 19.7 Å². The molecule has 2 heterocycles. The van der Waals surface area contributed by atoms with Crippen LogP contribution in [0.3, 0.4) is 0 Å². The zero-order valence-corrected chi connectivity index (χ0v) is 19.1. The average molecular weight is 460 g/mol. The van der Waals surface area contributed by atoms with Gasteiger partial charge in [0.25, 0.3) is 5.69 Å². The first-order valence-electron chi connectivity index (χ1n) is 10.7. The standard InChI is InChI=1S/C23H28N2O8/c1-5-30-21(26)18-14(2)24-15(3)19(20(18)16-7-6-8-17(13-16)25(28)29)22(27)31-10-9-23(4)32-11-12-33-23/h6-8,13,20,24H,5,9-12H2,1-4H3. The molecule has 1 N–H and O–H groups in total. The molecule has 0 aromatic heterocycles. The van der Waals surface area contributed by atoms with Crippen molar-refractivity contribution in [1.29, 1.82) is 0 Å². The van der Waals surface area contributed by atoms with Gasteiger partial charge < -0.3 is 24.3 Å². The fraction of sp³-hybridized carbons (Fsp3) is 0.478. The van der Waals surface area contributed by atoms with Crippen molar-refractivity contribution in [2.75, 3.05) is 26.4 Å². The lowest BCUT2D eigenvalue weighted by Gasteiger charge is -2.30. The lowest BCUT2D eigenvalue weighted by molar-refractivity contribution is -0.384. The molecule has 0 spiro atoms. The lowest BCUT2D eigenvalue weighted by Crippen LogP contribution is -2.33. The van der Waals surface area contributed by atoms with E-state index >= 15 is 0 Å². The highest BCUT2D eigenvalue weighted by atomic mass is 16.7. The Morgan fingerprint density at radius 2 is 1.76 bits per heavy atom. The molecular weight excluding hydrogens is 432 g/mol. The van der Waals surface area contributed by atoms with Crippen LogP contribution < -0.4 is 5.32 Å². The maximum atomic E-state index is 13.2. The van der Waals surface area contributed by atoms with E-state index in [4.69, 9.17) is 18.9 Å². The van der Waals surface area contributed by atoms with E-state index in [0.717, 1.165) is 0 Å². The van der Waals surface area contributed by atoms with Crippen molar-refractivity contribution in [3.8, 4) is 0 Å². The van der Waals surface area contributed by atoms with Crippen LogP contribution >= 0.6 is 0 Å². The second-order valence-electron chi connectivity index (χ2n) is 7.92. The number of non-ortho nitro benzene ring substituents is 1. The zero-order chi connectivity index (χ0) is 24.2. The van der Waals surface area contributed by atoms with Crippen LogP contribution in [0.4, 0.5) is 5.69 Å². The molecule has 2 aliphatic rings. The number of esters is 2. The Morgan fingerprint density at radius 1 is 1.15 bits per heavy atom. The molecule has 3 rings (SSSR count). The van der Waals surface area contributed by atoms with Crippen molar-refractivity contribution in [2.45, 2.75) is 45.8 Å². The van der Waals surface area contributed by atoms with E-state index in [0.29, 0.717) is 36.6 Å². The molecule has 1 unspecified atom stereocenters. The number of dihydropyridines is 1. The molecule has 33 heavy (non-hydrogen) atoms. The Balaban J connectivity index is 1.96. The minimum atomic E-state index is -0.896. The van der Waals surface area contributed by atoms with Crippen LogP contribution in [-0.2, 0) is 28.5 Å².